The number of esters is 1. The van der Waals surface area contributed by atoms with Gasteiger partial charge < -0.3 is 15.3 Å². The number of benzene rings is 1. The van der Waals surface area contributed by atoms with Crippen molar-refractivity contribution in [2.75, 3.05) is 6.61 Å². The molecule has 0 spiro atoms. The normalized spacial score (nSPS) is 10.3. The Balaban J connectivity index is 2.64. The third-order valence-corrected chi connectivity index (χ3v) is 2.17. The molecule has 0 saturated carbocycles. The van der Waals surface area contributed by atoms with E-state index < -0.39 is 11.9 Å². The van der Waals surface area contributed by atoms with Crippen molar-refractivity contribution >= 4 is 11.9 Å². The van der Waals surface area contributed by atoms with Gasteiger partial charge in [0.15, 0.2) is 5.57 Å². The first-order valence-electron chi connectivity index (χ1n) is 5.71. The summed E-state index contributed by atoms with van der Waals surface area (Å²) in [6.45, 7) is 1.75. The molecule has 1 aromatic rings. The third kappa shape index (κ3) is 4.03. The van der Waals surface area contributed by atoms with Gasteiger partial charge in [0.1, 0.15) is 11.8 Å². The number of nitrogens with one attached hydrogen (secondary N) is 2. The van der Waals surface area contributed by atoms with E-state index in [-0.39, 0.29) is 23.5 Å². The Morgan fingerprint density at radius 1 is 1.45 bits per heavy atom. The summed E-state index contributed by atoms with van der Waals surface area (Å²) in [4.78, 5) is 22.9. The summed E-state index contributed by atoms with van der Waals surface area (Å²) in [5.41, 5.74) is 4.29. The molecule has 1 amide bonds. The molecular formula is C13H13N3O4. The zero-order valence-electron chi connectivity index (χ0n) is 10.7. The molecule has 1 aromatic carbocycles. The van der Waals surface area contributed by atoms with Crippen LogP contribution in [0.4, 0.5) is 0 Å². The first kappa shape index (κ1) is 15.0. The molecule has 104 valence electrons. The summed E-state index contributed by atoms with van der Waals surface area (Å²) in [5, 5.41) is 18.2. The lowest BCUT2D eigenvalue weighted by Crippen LogP contribution is -2.34. The summed E-state index contributed by atoms with van der Waals surface area (Å²) in [6, 6.07) is 7.59. The Morgan fingerprint density at radius 3 is 2.75 bits per heavy atom. The van der Waals surface area contributed by atoms with E-state index in [2.05, 4.69) is 15.6 Å². The first-order chi connectivity index (χ1) is 9.60. The number of nitrogens with zero attached hydrogens (tertiary/aromatic N) is 1. The molecule has 0 aliphatic heterocycles. The summed E-state index contributed by atoms with van der Waals surface area (Å²) in [6.07, 6.45) is 1.01. The second kappa shape index (κ2) is 7.43. The molecule has 0 aliphatic carbocycles. The van der Waals surface area contributed by atoms with E-state index in [0.29, 0.717) is 0 Å². The van der Waals surface area contributed by atoms with Gasteiger partial charge in [0, 0.05) is 6.20 Å². The van der Waals surface area contributed by atoms with Gasteiger partial charge in [-0.3, -0.25) is 10.2 Å². The van der Waals surface area contributed by atoms with Crippen molar-refractivity contribution < 1.29 is 19.4 Å². The van der Waals surface area contributed by atoms with Crippen LogP contribution in [-0.2, 0) is 9.53 Å². The highest BCUT2D eigenvalue weighted by Crippen LogP contribution is 2.14. The van der Waals surface area contributed by atoms with Crippen LogP contribution in [0.3, 0.4) is 0 Å². The highest BCUT2D eigenvalue weighted by molar-refractivity contribution is 5.96. The van der Waals surface area contributed by atoms with Crippen LogP contribution in [-0.4, -0.2) is 23.6 Å². The molecular weight excluding hydrogens is 262 g/mol. The second-order valence-corrected chi connectivity index (χ2v) is 3.51. The molecule has 0 bridgehead atoms. The van der Waals surface area contributed by atoms with Crippen molar-refractivity contribution in [1.82, 2.24) is 10.9 Å². The fourth-order valence-electron chi connectivity index (χ4n) is 1.25. The van der Waals surface area contributed by atoms with E-state index in [4.69, 9.17) is 5.26 Å². The third-order valence-electron chi connectivity index (χ3n) is 2.17. The largest absolute Gasteiger partial charge is 0.507 e. The molecule has 0 unspecified atom stereocenters. The van der Waals surface area contributed by atoms with Crippen molar-refractivity contribution in [2.45, 2.75) is 6.92 Å². The van der Waals surface area contributed by atoms with Crippen molar-refractivity contribution in [1.29, 1.82) is 5.26 Å². The van der Waals surface area contributed by atoms with Crippen molar-refractivity contribution in [3.05, 3.63) is 41.6 Å². The second-order valence-electron chi connectivity index (χ2n) is 3.51. The average molecular weight is 275 g/mol. The van der Waals surface area contributed by atoms with Crippen molar-refractivity contribution in [3.63, 3.8) is 0 Å². The van der Waals surface area contributed by atoms with Gasteiger partial charge in [-0.2, -0.15) is 5.26 Å². The van der Waals surface area contributed by atoms with E-state index in [1.54, 1.807) is 25.1 Å². The number of hydrazine groups is 1. The minimum Gasteiger partial charge on any atom is -0.507 e. The van der Waals surface area contributed by atoms with E-state index >= 15 is 0 Å². The van der Waals surface area contributed by atoms with Crippen LogP contribution < -0.4 is 10.9 Å². The van der Waals surface area contributed by atoms with E-state index in [1.165, 1.54) is 12.1 Å². The SMILES string of the molecule is CCOC(=O)/C(C#N)=C/NNC(=O)c1ccccc1O. The number of phenols is 1. The molecule has 0 radical (unpaired) electrons. The molecule has 3 N–H and O–H groups in total. The smallest absolute Gasteiger partial charge is 0.350 e. The molecule has 7 heteroatoms. The van der Waals surface area contributed by atoms with Gasteiger partial charge in [0.05, 0.1) is 12.2 Å². The van der Waals surface area contributed by atoms with Crippen molar-refractivity contribution in [3.8, 4) is 11.8 Å². The maximum atomic E-state index is 11.7. The molecule has 0 aromatic heterocycles. The minimum atomic E-state index is -0.792. The number of nitriles is 1. The fraction of sp³-hybridized carbons (Fsp3) is 0.154. The van der Waals surface area contributed by atoms with Gasteiger partial charge in [-0.05, 0) is 19.1 Å². The monoisotopic (exact) mass is 275 g/mol. The van der Waals surface area contributed by atoms with Crippen LogP contribution in [0.25, 0.3) is 0 Å². The lowest BCUT2D eigenvalue weighted by Gasteiger charge is -2.06. The number of aromatic hydroxyl groups is 1. The van der Waals surface area contributed by atoms with Crippen LogP contribution in [0.1, 0.15) is 17.3 Å². The topological polar surface area (TPSA) is 111 Å². The maximum absolute atomic E-state index is 11.7. The van der Waals surface area contributed by atoms with Gasteiger partial charge in [0.25, 0.3) is 5.91 Å². The number of carbonyl (C=O) groups is 2. The summed E-state index contributed by atoms with van der Waals surface area (Å²) < 4.78 is 4.63. The van der Waals surface area contributed by atoms with Crippen LogP contribution >= 0.6 is 0 Å². The van der Waals surface area contributed by atoms with E-state index in [9.17, 15) is 14.7 Å². The predicted octanol–water partition coefficient (Wildman–Crippen LogP) is 0.597. The van der Waals surface area contributed by atoms with E-state index in [1.807, 2.05) is 0 Å². The van der Waals surface area contributed by atoms with Gasteiger partial charge in [-0.15, -0.1) is 0 Å². The number of hydrogen-bond donors (Lipinski definition) is 3. The highest BCUT2D eigenvalue weighted by Gasteiger charge is 2.11. The number of para-hydroxylation sites is 1. The quantitative estimate of drug-likeness (QED) is 0.314. The van der Waals surface area contributed by atoms with Gasteiger partial charge in [0.2, 0.25) is 0 Å². The molecule has 0 aliphatic rings. The number of amides is 1. The lowest BCUT2D eigenvalue weighted by molar-refractivity contribution is -0.138. The lowest BCUT2D eigenvalue weighted by atomic mass is 10.2. The van der Waals surface area contributed by atoms with Crippen LogP contribution in [0.15, 0.2) is 36.0 Å². The molecule has 0 heterocycles. The predicted molar refractivity (Wildman–Crippen MR) is 69.0 cm³/mol. The summed E-state index contributed by atoms with van der Waals surface area (Å²) in [7, 11) is 0. The van der Waals surface area contributed by atoms with Gasteiger partial charge >= 0.3 is 5.97 Å². The molecule has 0 atom stereocenters. The first-order valence-corrected chi connectivity index (χ1v) is 5.71. The minimum absolute atomic E-state index is 0.0584. The van der Waals surface area contributed by atoms with Crippen LogP contribution in [0, 0.1) is 11.3 Å². The maximum Gasteiger partial charge on any atom is 0.350 e. The molecule has 0 saturated heterocycles. The van der Waals surface area contributed by atoms with Crippen LogP contribution in [0.2, 0.25) is 0 Å². The zero-order valence-corrected chi connectivity index (χ0v) is 10.7. The molecule has 20 heavy (non-hydrogen) atoms. The average Bonchev–Trinajstić information content (AvgIpc) is 2.44. The number of carbonyl (C=O) groups excluding carboxylic acids is 2. The van der Waals surface area contributed by atoms with Gasteiger partial charge in [-0.1, -0.05) is 12.1 Å². The Hall–Kier alpha value is -3.01. The number of phenolic OH excluding ortho intramolecular Hbond substituents is 1. The molecule has 1 rings (SSSR count). The van der Waals surface area contributed by atoms with Crippen LogP contribution in [0.5, 0.6) is 5.75 Å². The Kier molecular flexibility index (Phi) is 5.59. The Morgan fingerprint density at radius 2 is 2.15 bits per heavy atom. The highest BCUT2D eigenvalue weighted by atomic mass is 16.5. The Labute approximate surface area is 115 Å². The number of rotatable bonds is 5. The molecule has 7 nitrogen and oxygen atoms in total. The molecule has 0 fully saturated rings. The Bertz CT molecular complexity index is 575. The van der Waals surface area contributed by atoms with Gasteiger partial charge in [-0.25, -0.2) is 4.79 Å². The fourth-order valence-corrected chi connectivity index (χ4v) is 1.25. The number of hydrogen-bond acceptors (Lipinski definition) is 6. The number of ether oxygens (including phenoxy) is 1. The van der Waals surface area contributed by atoms with Crippen molar-refractivity contribution in [2.24, 2.45) is 0 Å². The zero-order chi connectivity index (χ0) is 15.0. The summed E-state index contributed by atoms with van der Waals surface area (Å²) >= 11 is 0. The summed E-state index contributed by atoms with van der Waals surface area (Å²) in [5.74, 6) is -1.58. The van der Waals surface area contributed by atoms with E-state index in [0.717, 1.165) is 6.20 Å². The standard InChI is InChI=1S/C13H13N3O4/c1-2-20-13(19)9(7-14)8-15-16-12(18)10-5-3-4-6-11(10)17/h3-6,8,15,17H,2H2,1H3,(H,16,18)/b9-8+.